The molecule has 3 aliphatic rings. The number of rotatable bonds is 8. The van der Waals surface area contributed by atoms with Gasteiger partial charge in [-0.1, -0.05) is 17.7 Å². The second-order valence-electron chi connectivity index (χ2n) is 10.7. The summed E-state index contributed by atoms with van der Waals surface area (Å²) in [7, 11) is -3.20. The normalized spacial score (nSPS) is 25.0. The molecule has 204 valence electrons. The fourth-order valence-electron chi connectivity index (χ4n) is 5.59. The van der Waals surface area contributed by atoms with Crippen molar-refractivity contribution in [3.05, 3.63) is 52.9 Å². The third kappa shape index (κ3) is 5.25. The average molecular weight is 569 g/mol. The maximum atomic E-state index is 11.8. The summed E-state index contributed by atoms with van der Waals surface area (Å²) in [6.07, 6.45) is 9.10. The highest BCUT2D eigenvalue weighted by Gasteiger charge is 2.66. The van der Waals surface area contributed by atoms with E-state index in [-0.39, 0.29) is 6.04 Å². The van der Waals surface area contributed by atoms with Crippen LogP contribution in [-0.4, -0.2) is 74.6 Å². The van der Waals surface area contributed by atoms with Crippen LogP contribution in [0.25, 0.3) is 16.9 Å². The Morgan fingerprint density at radius 1 is 1.26 bits per heavy atom. The second kappa shape index (κ2) is 9.83. The Kier molecular flexibility index (Phi) is 6.60. The number of piperidine rings is 1. The Balaban J connectivity index is 1.14. The van der Waals surface area contributed by atoms with E-state index in [4.69, 9.17) is 11.6 Å². The molecule has 13 heteroatoms. The topological polar surface area (TPSA) is 149 Å². The van der Waals surface area contributed by atoms with Crippen LogP contribution in [0.5, 0.6) is 0 Å². The third-order valence-corrected chi connectivity index (χ3v) is 9.62. The number of anilines is 1. The van der Waals surface area contributed by atoms with E-state index in [9.17, 15) is 18.8 Å². The molecule has 1 aliphatic heterocycles. The van der Waals surface area contributed by atoms with Gasteiger partial charge in [-0.3, -0.25) is 0 Å². The van der Waals surface area contributed by atoms with Crippen molar-refractivity contribution in [2.24, 2.45) is 5.92 Å². The molecule has 6 rings (SSSR count). The first kappa shape index (κ1) is 26.2. The van der Waals surface area contributed by atoms with Crippen LogP contribution in [0.4, 0.5) is 5.95 Å². The summed E-state index contributed by atoms with van der Waals surface area (Å²) < 4.78 is 26.7. The minimum Gasteiger partial charge on any atom is -0.389 e. The molecule has 0 radical (unpaired) electrons. The zero-order chi connectivity index (χ0) is 27.4. The second-order valence-corrected chi connectivity index (χ2v) is 13.1. The summed E-state index contributed by atoms with van der Waals surface area (Å²) in [5.41, 5.74) is 2.77. The van der Waals surface area contributed by atoms with Crippen molar-refractivity contribution in [1.82, 2.24) is 29.4 Å². The lowest BCUT2D eigenvalue weighted by Gasteiger charge is -2.31. The van der Waals surface area contributed by atoms with Crippen molar-refractivity contribution in [3.8, 4) is 23.0 Å². The van der Waals surface area contributed by atoms with Crippen molar-refractivity contribution in [1.29, 1.82) is 5.26 Å². The Hall–Kier alpha value is -3.08. The number of hydrogen-bond acceptors (Lipinski definition) is 9. The number of nitriles is 1. The molecular formula is C26H29ClN8O3S. The summed E-state index contributed by atoms with van der Waals surface area (Å²) in [5.74, 6) is 0.763. The molecule has 39 heavy (non-hydrogen) atoms. The molecule has 1 aromatic carbocycles. The van der Waals surface area contributed by atoms with Crippen LogP contribution in [0.1, 0.15) is 36.8 Å². The first-order valence-electron chi connectivity index (χ1n) is 12.9. The number of benzene rings is 1. The van der Waals surface area contributed by atoms with E-state index >= 15 is 0 Å². The third-order valence-electron chi connectivity index (χ3n) is 8.01. The maximum Gasteiger partial charge on any atom is 0.223 e. The van der Waals surface area contributed by atoms with Crippen LogP contribution in [0.15, 0.2) is 36.8 Å². The smallest absolute Gasteiger partial charge is 0.223 e. The molecule has 3 aromatic rings. The summed E-state index contributed by atoms with van der Waals surface area (Å²) >= 11 is 6.61. The summed E-state index contributed by atoms with van der Waals surface area (Å²) in [6.45, 7) is 1.55. The number of nitrogens with zero attached hydrogens (tertiary/aromatic N) is 6. The van der Waals surface area contributed by atoms with Gasteiger partial charge in [0.05, 0.1) is 46.2 Å². The Morgan fingerprint density at radius 3 is 2.69 bits per heavy atom. The SMILES string of the molecule is CS(=O)(=O)N1CCC(Nc2ncc(C#N)c(-c3cnn(-c4ccc(CN[C@@H]5C[C@]6(O)CC56)cc4Cl)c3)n2)CC1. The molecule has 2 saturated carbocycles. The lowest BCUT2D eigenvalue weighted by atomic mass is 9.89. The van der Waals surface area contributed by atoms with Gasteiger partial charge < -0.3 is 15.7 Å². The van der Waals surface area contributed by atoms with Crippen LogP contribution in [0, 0.1) is 17.2 Å². The molecule has 3 atom stereocenters. The van der Waals surface area contributed by atoms with Gasteiger partial charge in [-0.25, -0.2) is 27.4 Å². The van der Waals surface area contributed by atoms with Gasteiger partial charge in [0.15, 0.2) is 0 Å². The fourth-order valence-corrected chi connectivity index (χ4v) is 6.75. The molecule has 1 saturated heterocycles. The molecule has 0 bridgehead atoms. The van der Waals surface area contributed by atoms with Crippen LogP contribution < -0.4 is 10.6 Å². The van der Waals surface area contributed by atoms with Gasteiger partial charge >= 0.3 is 0 Å². The molecule has 0 spiro atoms. The lowest BCUT2D eigenvalue weighted by Crippen LogP contribution is -2.45. The van der Waals surface area contributed by atoms with Gasteiger partial charge in [0.2, 0.25) is 16.0 Å². The van der Waals surface area contributed by atoms with Crippen molar-refractivity contribution in [2.45, 2.75) is 49.9 Å². The first-order valence-corrected chi connectivity index (χ1v) is 15.1. The van der Waals surface area contributed by atoms with E-state index in [1.54, 1.807) is 17.1 Å². The van der Waals surface area contributed by atoms with Crippen LogP contribution in [-0.2, 0) is 16.6 Å². The number of aromatic nitrogens is 4. The zero-order valence-electron chi connectivity index (χ0n) is 21.4. The monoisotopic (exact) mass is 568 g/mol. The van der Waals surface area contributed by atoms with Gasteiger partial charge in [-0.2, -0.15) is 10.4 Å². The van der Waals surface area contributed by atoms with Gasteiger partial charge in [0, 0.05) is 49.4 Å². The molecule has 3 N–H and O–H groups in total. The Morgan fingerprint density at radius 2 is 2.05 bits per heavy atom. The highest BCUT2D eigenvalue weighted by atomic mass is 35.5. The molecular weight excluding hydrogens is 540 g/mol. The number of hydrogen-bond donors (Lipinski definition) is 3. The maximum absolute atomic E-state index is 11.8. The zero-order valence-corrected chi connectivity index (χ0v) is 23.0. The van der Waals surface area contributed by atoms with E-state index in [1.165, 1.54) is 16.8 Å². The standard InChI is InChI=1S/C26H29ClN8O3S/c1-39(37,38)34-6-4-19(5-7-34)32-25-30-13-17(11-28)24(33-25)18-14-31-35(15-18)23-3-2-16(8-21(23)27)12-29-22-10-26(36)9-20(22)26/h2-3,8,13-15,19-20,22,29,36H,4-7,9-10,12H2,1H3,(H,30,32,33)/t20?,22-,26-/m1/s1. The number of nitrogens with one attached hydrogen (secondary N) is 2. The molecule has 2 aliphatic carbocycles. The van der Waals surface area contributed by atoms with E-state index in [1.807, 2.05) is 18.2 Å². The summed E-state index contributed by atoms with van der Waals surface area (Å²) in [4.78, 5) is 8.89. The number of halogens is 1. The summed E-state index contributed by atoms with van der Waals surface area (Å²) in [5, 5.41) is 31.4. The quantitative estimate of drug-likeness (QED) is 0.372. The predicted molar refractivity (Wildman–Crippen MR) is 146 cm³/mol. The molecule has 2 aromatic heterocycles. The van der Waals surface area contributed by atoms with Crippen molar-refractivity contribution in [2.75, 3.05) is 24.7 Å². The van der Waals surface area contributed by atoms with E-state index < -0.39 is 15.6 Å². The van der Waals surface area contributed by atoms with Crippen LogP contribution in [0.2, 0.25) is 5.02 Å². The summed E-state index contributed by atoms with van der Waals surface area (Å²) in [6, 6.07) is 8.35. The fraction of sp³-hybridized carbons (Fsp3) is 0.462. The van der Waals surface area contributed by atoms with Gasteiger partial charge in [-0.15, -0.1) is 0 Å². The average Bonchev–Trinajstić information content (AvgIpc) is 3.23. The van der Waals surface area contributed by atoms with Gasteiger partial charge in [0.25, 0.3) is 0 Å². The van der Waals surface area contributed by atoms with Crippen LogP contribution in [0.3, 0.4) is 0 Å². The Labute approximate surface area is 231 Å². The highest BCUT2D eigenvalue weighted by Crippen LogP contribution is 2.59. The molecule has 3 fully saturated rings. The van der Waals surface area contributed by atoms with Crippen molar-refractivity contribution >= 4 is 27.6 Å². The van der Waals surface area contributed by atoms with Gasteiger partial charge in [0.1, 0.15) is 6.07 Å². The number of aliphatic hydroxyl groups is 1. The van der Waals surface area contributed by atoms with Crippen molar-refractivity contribution < 1.29 is 13.5 Å². The minimum atomic E-state index is -3.20. The number of sulfonamides is 1. The lowest BCUT2D eigenvalue weighted by molar-refractivity contribution is 0.0424. The van der Waals surface area contributed by atoms with Crippen molar-refractivity contribution in [3.63, 3.8) is 0 Å². The molecule has 1 unspecified atom stereocenters. The van der Waals surface area contributed by atoms with E-state index in [0.717, 1.165) is 18.4 Å². The molecule has 11 nitrogen and oxygen atoms in total. The Bertz CT molecular complexity index is 1560. The van der Waals surface area contributed by atoms with Gasteiger partial charge in [-0.05, 0) is 43.4 Å². The van der Waals surface area contributed by atoms with E-state index in [2.05, 4.69) is 31.8 Å². The minimum absolute atomic E-state index is 0.0260. The number of fused-ring (bicyclic) bond motifs is 1. The highest BCUT2D eigenvalue weighted by molar-refractivity contribution is 7.88. The molecule has 3 heterocycles. The molecule has 0 amide bonds. The van der Waals surface area contributed by atoms with Crippen LogP contribution >= 0.6 is 11.6 Å². The first-order chi connectivity index (χ1) is 18.6. The largest absolute Gasteiger partial charge is 0.389 e. The van der Waals surface area contributed by atoms with E-state index in [0.29, 0.717) is 77.9 Å². The predicted octanol–water partition coefficient (Wildman–Crippen LogP) is 2.30.